The van der Waals surface area contributed by atoms with E-state index in [2.05, 4.69) is 18.7 Å². The minimum absolute atomic E-state index is 0.209. The molecule has 112 valence electrons. The number of hydrogen-bond donors (Lipinski definition) is 0. The quantitative estimate of drug-likeness (QED) is 0.800. The van der Waals surface area contributed by atoms with Gasteiger partial charge in [0.1, 0.15) is 5.41 Å². The van der Waals surface area contributed by atoms with Crippen LogP contribution in [0.4, 0.5) is 5.13 Å². The summed E-state index contributed by atoms with van der Waals surface area (Å²) in [6, 6.07) is 0.523. The summed E-state index contributed by atoms with van der Waals surface area (Å²) in [4.78, 5) is 19.1. The molecule has 0 radical (unpaired) electrons. The van der Waals surface area contributed by atoms with Crippen molar-refractivity contribution in [1.29, 1.82) is 0 Å². The number of aromatic nitrogens is 1. The van der Waals surface area contributed by atoms with Gasteiger partial charge in [-0.1, -0.05) is 6.92 Å². The van der Waals surface area contributed by atoms with Crippen LogP contribution in [-0.2, 0) is 14.9 Å². The smallest absolute Gasteiger partial charge is 0.317 e. The lowest BCUT2D eigenvalue weighted by Gasteiger charge is -2.22. The minimum atomic E-state index is -0.681. The Labute approximate surface area is 125 Å². The van der Waals surface area contributed by atoms with E-state index in [1.165, 1.54) is 6.42 Å². The molecule has 0 N–H and O–H groups in total. The number of carbonyl (C=O) groups is 1. The molecule has 1 saturated heterocycles. The third-order valence-electron chi connectivity index (χ3n) is 3.95. The van der Waals surface area contributed by atoms with Crippen molar-refractivity contribution in [2.24, 2.45) is 5.92 Å². The summed E-state index contributed by atoms with van der Waals surface area (Å²) in [7, 11) is 0. The monoisotopic (exact) mass is 296 g/mol. The van der Waals surface area contributed by atoms with Crippen molar-refractivity contribution >= 4 is 22.4 Å². The average Bonchev–Trinajstić information content (AvgIpc) is 2.96. The Bertz CT molecular complexity index is 484. The lowest BCUT2D eigenvalue weighted by atomic mass is 9.90. The van der Waals surface area contributed by atoms with E-state index in [-0.39, 0.29) is 5.97 Å². The van der Waals surface area contributed by atoms with E-state index in [0.717, 1.165) is 17.4 Å². The van der Waals surface area contributed by atoms with Gasteiger partial charge in [0.15, 0.2) is 5.13 Å². The second-order valence-electron chi connectivity index (χ2n) is 6.20. The number of anilines is 1. The van der Waals surface area contributed by atoms with E-state index in [0.29, 0.717) is 18.6 Å². The van der Waals surface area contributed by atoms with E-state index >= 15 is 0 Å². The van der Waals surface area contributed by atoms with Gasteiger partial charge in [0.05, 0.1) is 12.3 Å². The van der Waals surface area contributed by atoms with Gasteiger partial charge in [-0.2, -0.15) is 0 Å². The highest BCUT2D eigenvalue weighted by molar-refractivity contribution is 7.13. The molecule has 0 saturated carbocycles. The molecule has 2 heterocycles. The molecule has 1 aliphatic rings. The Kier molecular flexibility index (Phi) is 4.37. The Morgan fingerprint density at radius 2 is 2.25 bits per heavy atom. The Hall–Kier alpha value is -1.10. The van der Waals surface area contributed by atoms with Crippen LogP contribution in [0.25, 0.3) is 0 Å². The standard InChI is InChI=1S/C15H24N2O2S/c1-6-19-13(18)15(4,5)12-9-20-14(16-12)17-8-10(2)7-11(17)3/h9-11H,6-8H2,1-5H3. The third kappa shape index (κ3) is 2.82. The Balaban J connectivity index is 2.18. The van der Waals surface area contributed by atoms with Crippen molar-refractivity contribution in [1.82, 2.24) is 4.98 Å². The lowest BCUT2D eigenvalue weighted by molar-refractivity contribution is -0.148. The number of nitrogens with zero attached hydrogens (tertiary/aromatic N) is 2. The average molecular weight is 296 g/mol. The third-order valence-corrected chi connectivity index (χ3v) is 4.83. The van der Waals surface area contributed by atoms with Gasteiger partial charge in [-0.25, -0.2) is 4.98 Å². The van der Waals surface area contributed by atoms with Crippen LogP contribution in [0.1, 0.15) is 46.7 Å². The first kappa shape index (κ1) is 15.3. The number of thiazole rings is 1. The summed E-state index contributed by atoms with van der Waals surface area (Å²) in [5.41, 5.74) is 0.127. The van der Waals surface area contributed by atoms with Crippen LogP contribution in [0.5, 0.6) is 0 Å². The molecule has 0 aromatic carbocycles. The molecular formula is C15H24N2O2S. The maximum absolute atomic E-state index is 12.0. The molecule has 1 aromatic heterocycles. The number of ether oxygens (including phenoxy) is 1. The summed E-state index contributed by atoms with van der Waals surface area (Å²) in [5, 5.41) is 3.01. The Morgan fingerprint density at radius 1 is 1.55 bits per heavy atom. The summed E-state index contributed by atoms with van der Waals surface area (Å²) < 4.78 is 5.15. The van der Waals surface area contributed by atoms with E-state index in [1.807, 2.05) is 26.2 Å². The van der Waals surface area contributed by atoms with Crippen molar-refractivity contribution in [2.75, 3.05) is 18.1 Å². The molecule has 0 bridgehead atoms. The van der Waals surface area contributed by atoms with Gasteiger partial charge in [-0.3, -0.25) is 4.79 Å². The predicted molar refractivity (Wildman–Crippen MR) is 82.4 cm³/mol. The number of rotatable bonds is 4. The molecule has 2 unspecified atom stereocenters. The zero-order chi connectivity index (χ0) is 14.9. The minimum Gasteiger partial charge on any atom is -0.465 e. The maximum Gasteiger partial charge on any atom is 0.317 e. The topological polar surface area (TPSA) is 42.4 Å². The second kappa shape index (κ2) is 5.72. The number of hydrogen-bond acceptors (Lipinski definition) is 5. The number of carbonyl (C=O) groups excluding carboxylic acids is 1. The molecule has 2 atom stereocenters. The summed E-state index contributed by atoms with van der Waals surface area (Å²) >= 11 is 1.62. The first-order chi connectivity index (χ1) is 9.36. The van der Waals surface area contributed by atoms with Gasteiger partial charge < -0.3 is 9.64 Å². The highest BCUT2D eigenvalue weighted by atomic mass is 32.1. The van der Waals surface area contributed by atoms with Gasteiger partial charge in [-0.15, -0.1) is 11.3 Å². The highest BCUT2D eigenvalue weighted by Crippen LogP contribution is 2.34. The fourth-order valence-electron chi connectivity index (χ4n) is 2.67. The van der Waals surface area contributed by atoms with E-state index in [9.17, 15) is 4.79 Å². The van der Waals surface area contributed by atoms with Gasteiger partial charge in [-0.05, 0) is 40.0 Å². The SMILES string of the molecule is CCOC(=O)C(C)(C)c1csc(N2CC(C)CC2C)n1. The molecule has 5 heteroatoms. The van der Waals surface area contributed by atoms with Crippen LogP contribution >= 0.6 is 11.3 Å². The molecule has 0 spiro atoms. The summed E-state index contributed by atoms with van der Waals surface area (Å²) in [5.74, 6) is 0.495. The Morgan fingerprint density at radius 3 is 2.80 bits per heavy atom. The summed E-state index contributed by atoms with van der Waals surface area (Å²) in [6.45, 7) is 11.5. The zero-order valence-corrected chi connectivity index (χ0v) is 13.8. The second-order valence-corrected chi connectivity index (χ2v) is 7.04. The molecule has 1 fully saturated rings. The fraction of sp³-hybridized carbons (Fsp3) is 0.733. The van der Waals surface area contributed by atoms with E-state index < -0.39 is 5.41 Å². The van der Waals surface area contributed by atoms with Crippen LogP contribution < -0.4 is 4.90 Å². The van der Waals surface area contributed by atoms with E-state index in [4.69, 9.17) is 9.72 Å². The molecule has 0 amide bonds. The lowest BCUT2D eigenvalue weighted by Crippen LogP contribution is -2.32. The first-order valence-corrected chi connectivity index (χ1v) is 8.14. The number of esters is 1. The zero-order valence-electron chi connectivity index (χ0n) is 13.0. The van der Waals surface area contributed by atoms with Crippen molar-refractivity contribution < 1.29 is 9.53 Å². The van der Waals surface area contributed by atoms with Gasteiger partial charge in [0.2, 0.25) is 0 Å². The largest absolute Gasteiger partial charge is 0.465 e. The molecule has 4 nitrogen and oxygen atoms in total. The van der Waals surface area contributed by atoms with Gasteiger partial charge in [0.25, 0.3) is 0 Å². The summed E-state index contributed by atoms with van der Waals surface area (Å²) in [6.07, 6.45) is 1.20. The van der Waals surface area contributed by atoms with E-state index in [1.54, 1.807) is 11.3 Å². The molecular weight excluding hydrogens is 272 g/mol. The first-order valence-electron chi connectivity index (χ1n) is 7.26. The van der Waals surface area contributed by atoms with Gasteiger partial charge in [0, 0.05) is 18.0 Å². The fourth-order valence-corrected chi connectivity index (χ4v) is 3.77. The van der Waals surface area contributed by atoms with Crippen molar-refractivity contribution in [3.05, 3.63) is 11.1 Å². The molecule has 20 heavy (non-hydrogen) atoms. The van der Waals surface area contributed by atoms with Crippen molar-refractivity contribution in [2.45, 2.75) is 52.5 Å². The van der Waals surface area contributed by atoms with Crippen LogP contribution in [0.2, 0.25) is 0 Å². The van der Waals surface area contributed by atoms with Gasteiger partial charge >= 0.3 is 5.97 Å². The highest BCUT2D eigenvalue weighted by Gasteiger charge is 2.35. The molecule has 1 aromatic rings. The molecule has 0 aliphatic carbocycles. The molecule has 1 aliphatic heterocycles. The maximum atomic E-state index is 12.0. The predicted octanol–water partition coefficient (Wildman–Crippen LogP) is 3.22. The van der Waals surface area contributed by atoms with Crippen LogP contribution in [0.15, 0.2) is 5.38 Å². The molecule has 2 rings (SSSR count). The van der Waals surface area contributed by atoms with Crippen LogP contribution in [0, 0.1) is 5.92 Å². The normalized spacial score (nSPS) is 23.1. The van der Waals surface area contributed by atoms with Crippen LogP contribution in [0.3, 0.4) is 0 Å². The van der Waals surface area contributed by atoms with Crippen molar-refractivity contribution in [3.8, 4) is 0 Å². The van der Waals surface area contributed by atoms with Crippen LogP contribution in [-0.4, -0.2) is 30.1 Å². The van der Waals surface area contributed by atoms with Crippen molar-refractivity contribution in [3.63, 3.8) is 0 Å².